The minimum atomic E-state index is -0.213. The molecule has 4 nitrogen and oxygen atoms in total. The zero-order chi connectivity index (χ0) is 16.3. The Balaban J connectivity index is 1.72. The Kier molecular flexibility index (Phi) is 5.21. The van der Waals surface area contributed by atoms with Crippen LogP contribution in [0.3, 0.4) is 0 Å². The molecule has 6 heteroatoms. The summed E-state index contributed by atoms with van der Waals surface area (Å²) in [5, 5.41) is 3.34. The summed E-state index contributed by atoms with van der Waals surface area (Å²) < 4.78 is 20.3. The van der Waals surface area contributed by atoms with Crippen molar-refractivity contribution in [3.63, 3.8) is 0 Å². The van der Waals surface area contributed by atoms with E-state index in [-0.39, 0.29) is 11.2 Å². The van der Waals surface area contributed by atoms with Crippen molar-refractivity contribution in [2.75, 3.05) is 32.8 Å². The zero-order valence-electron chi connectivity index (χ0n) is 13.4. The highest BCUT2D eigenvalue weighted by atomic mass is 79.9. The van der Waals surface area contributed by atoms with Crippen molar-refractivity contribution in [1.29, 1.82) is 0 Å². The van der Waals surface area contributed by atoms with Gasteiger partial charge in [0.25, 0.3) is 0 Å². The van der Waals surface area contributed by atoms with Crippen LogP contribution in [0.5, 0.6) is 0 Å². The minimum absolute atomic E-state index is 0.213. The lowest BCUT2D eigenvalue weighted by atomic mass is 9.87. The molecule has 0 aromatic heterocycles. The number of hydrogen-bond donors (Lipinski definition) is 1. The Morgan fingerprint density at radius 1 is 1.48 bits per heavy atom. The van der Waals surface area contributed by atoms with Crippen molar-refractivity contribution >= 4 is 21.9 Å². The van der Waals surface area contributed by atoms with Gasteiger partial charge < -0.3 is 15.0 Å². The molecule has 0 aliphatic carbocycles. The van der Waals surface area contributed by atoms with Gasteiger partial charge in [0.15, 0.2) is 5.96 Å². The lowest BCUT2D eigenvalue weighted by Crippen LogP contribution is -2.41. The number of rotatable bonds is 3. The summed E-state index contributed by atoms with van der Waals surface area (Å²) in [7, 11) is 0. The quantitative estimate of drug-likeness (QED) is 0.643. The Labute approximate surface area is 145 Å². The van der Waals surface area contributed by atoms with E-state index in [9.17, 15) is 4.39 Å². The molecule has 2 fully saturated rings. The average Bonchev–Trinajstić information content (AvgIpc) is 3.17. The van der Waals surface area contributed by atoms with Crippen LogP contribution in [0.2, 0.25) is 0 Å². The van der Waals surface area contributed by atoms with E-state index >= 15 is 0 Å². The third kappa shape index (κ3) is 3.86. The van der Waals surface area contributed by atoms with Gasteiger partial charge in [-0.15, -0.1) is 0 Å². The number of hydrogen-bond acceptors (Lipinski definition) is 2. The molecule has 0 radical (unpaired) electrons. The Morgan fingerprint density at radius 3 is 3.09 bits per heavy atom. The van der Waals surface area contributed by atoms with Crippen molar-refractivity contribution in [1.82, 2.24) is 10.2 Å². The fourth-order valence-corrected chi connectivity index (χ4v) is 3.75. The summed E-state index contributed by atoms with van der Waals surface area (Å²) in [5.41, 5.74) is 0.893. The summed E-state index contributed by atoms with van der Waals surface area (Å²) >= 11 is 3.39. The lowest BCUT2D eigenvalue weighted by Gasteiger charge is -2.25. The zero-order valence-corrected chi connectivity index (χ0v) is 15.0. The second-order valence-electron chi connectivity index (χ2n) is 6.38. The summed E-state index contributed by atoms with van der Waals surface area (Å²) in [5.74, 6) is 0.658. The van der Waals surface area contributed by atoms with E-state index in [2.05, 4.69) is 38.1 Å². The van der Waals surface area contributed by atoms with E-state index in [0.717, 1.165) is 56.1 Å². The Morgan fingerprint density at radius 2 is 2.35 bits per heavy atom. The fourth-order valence-electron chi connectivity index (χ4n) is 3.34. The minimum Gasteiger partial charge on any atom is -0.381 e. The highest BCUT2D eigenvalue weighted by molar-refractivity contribution is 9.10. The second kappa shape index (κ2) is 7.18. The van der Waals surface area contributed by atoms with Gasteiger partial charge in [-0.25, -0.2) is 9.38 Å². The van der Waals surface area contributed by atoms with E-state index in [1.165, 1.54) is 6.07 Å². The van der Waals surface area contributed by atoms with Crippen LogP contribution in [-0.4, -0.2) is 43.7 Å². The van der Waals surface area contributed by atoms with Gasteiger partial charge in [-0.05, 0) is 38.0 Å². The van der Waals surface area contributed by atoms with Gasteiger partial charge in [0.1, 0.15) is 5.82 Å². The van der Waals surface area contributed by atoms with Gasteiger partial charge in [-0.1, -0.05) is 15.9 Å². The molecule has 23 heavy (non-hydrogen) atoms. The fraction of sp³-hybridized carbons (Fsp3) is 0.588. The monoisotopic (exact) mass is 383 g/mol. The summed E-state index contributed by atoms with van der Waals surface area (Å²) in [6.07, 6.45) is 2.27. The SMILES string of the molecule is CCNC(=NCc1cc(Br)ccc1F)N1CCC2(CCOC2)C1. The van der Waals surface area contributed by atoms with E-state index in [1.54, 1.807) is 12.1 Å². The highest BCUT2D eigenvalue weighted by Gasteiger charge is 2.42. The van der Waals surface area contributed by atoms with E-state index in [1.807, 2.05) is 0 Å². The van der Waals surface area contributed by atoms with Crippen molar-refractivity contribution in [2.45, 2.75) is 26.3 Å². The molecule has 2 aliphatic heterocycles. The molecule has 0 amide bonds. The maximum Gasteiger partial charge on any atom is 0.194 e. The van der Waals surface area contributed by atoms with Crippen LogP contribution in [-0.2, 0) is 11.3 Å². The van der Waals surface area contributed by atoms with Crippen molar-refractivity contribution < 1.29 is 9.13 Å². The second-order valence-corrected chi connectivity index (χ2v) is 7.30. The first-order valence-corrected chi connectivity index (χ1v) is 8.96. The van der Waals surface area contributed by atoms with Crippen molar-refractivity contribution in [3.05, 3.63) is 34.1 Å². The molecular formula is C17H23BrFN3O. The predicted molar refractivity (Wildman–Crippen MR) is 93.0 cm³/mol. The van der Waals surface area contributed by atoms with Crippen LogP contribution in [0.15, 0.2) is 27.7 Å². The topological polar surface area (TPSA) is 36.9 Å². The molecule has 2 saturated heterocycles. The van der Waals surface area contributed by atoms with Crippen LogP contribution < -0.4 is 5.32 Å². The number of nitrogens with one attached hydrogen (secondary N) is 1. The van der Waals surface area contributed by atoms with Gasteiger partial charge >= 0.3 is 0 Å². The largest absolute Gasteiger partial charge is 0.381 e. The maximum absolute atomic E-state index is 13.9. The molecule has 1 N–H and O–H groups in total. The van der Waals surface area contributed by atoms with Crippen molar-refractivity contribution in [3.8, 4) is 0 Å². The van der Waals surface area contributed by atoms with Gasteiger partial charge in [-0.2, -0.15) is 0 Å². The van der Waals surface area contributed by atoms with Crippen LogP contribution in [0.4, 0.5) is 4.39 Å². The van der Waals surface area contributed by atoms with Crippen LogP contribution >= 0.6 is 15.9 Å². The van der Waals surface area contributed by atoms with Crippen LogP contribution in [0.1, 0.15) is 25.3 Å². The molecule has 2 heterocycles. The van der Waals surface area contributed by atoms with Crippen LogP contribution in [0.25, 0.3) is 0 Å². The van der Waals surface area contributed by atoms with E-state index < -0.39 is 0 Å². The predicted octanol–water partition coefficient (Wildman–Crippen LogP) is 3.17. The summed E-state index contributed by atoms with van der Waals surface area (Å²) in [6, 6.07) is 4.97. The first-order chi connectivity index (χ1) is 11.1. The standard InChI is InChI=1S/C17H23BrFN3O/c1-2-20-16(21-10-13-9-14(18)3-4-15(13)19)22-7-5-17(11-22)6-8-23-12-17/h3-4,9H,2,5-8,10-12H2,1H3,(H,20,21). The molecule has 1 spiro atoms. The molecule has 1 aromatic rings. The number of benzene rings is 1. The third-order valence-electron chi connectivity index (χ3n) is 4.66. The smallest absolute Gasteiger partial charge is 0.194 e. The Bertz CT molecular complexity index is 587. The number of aliphatic imine (C=N–C) groups is 1. The average molecular weight is 384 g/mol. The first kappa shape index (κ1) is 16.7. The van der Waals surface area contributed by atoms with Gasteiger partial charge in [0.05, 0.1) is 13.2 Å². The number of ether oxygens (including phenoxy) is 1. The van der Waals surface area contributed by atoms with Gasteiger partial charge in [-0.3, -0.25) is 0 Å². The lowest BCUT2D eigenvalue weighted by molar-refractivity contribution is 0.156. The number of nitrogens with zero attached hydrogens (tertiary/aromatic N) is 2. The molecule has 2 aliphatic rings. The number of halogens is 2. The number of guanidine groups is 1. The molecule has 1 aromatic carbocycles. The Hall–Kier alpha value is -1.14. The molecule has 0 bridgehead atoms. The summed E-state index contributed by atoms with van der Waals surface area (Å²) in [4.78, 5) is 6.94. The third-order valence-corrected chi connectivity index (χ3v) is 5.16. The maximum atomic E-state index is 13.9. The molecule has 1 atom stereocenters. The summed E-state index contributed by atoms with van der Waals surface area (Å²) in [6.45, 7) is 6.87. The highest BCUT2D eigenvalue weighted by Crippen LogP contribution is 2.38. The van der Waals surface area contributed by atoms with E-state index in [4.69, 9.17) is 4.74 Å². The molecular weight excluding hydrogens is 361 g/mol. The number of likely N-dealkylation sites (tertiary alicyclic amines) is 1. The molecule has 0 saturated carbocycles. The molecule has 1 unspecified atom stereocenters. The van der Waals surface area contributed by atoms with Crippen molar-refractivity contribution in [2.24, 2.45) is 10.4 Å². The normalized spacial score (nSPS) is 24.7. The molecule has 3 rings (SSSR count). The van der Waals surface area contributed by atoms with Gasteiger partial charge in [0.2, 0.25) is 0 Å². The first-order valence-electron chi connectivity index (χ1n) is 8.17. The molecule has 126 valence electrons. The van der Waals surface area contributed by atoms with Gasteiger partial charge in [0, 0.05) is 41.7 Å². The van der Waals surface area contributed by atoms with E-state index in [0.29, 0.717) is 12.1 Å². The van der Waals surface area contributed by atoms with Crippen LogP contribution in [0, 0.1) is 11.2 Å².